The molecule has 12 atom stereocenters. The molecule has 7 fully saturated rings. The normalized spacial score (nSPS) is 41.7. The van der Waals surface area contributed by atoms with Crippen LogP contribution in [0.4, 0.5) is 0 Å². The zero-order valence-corrected chi connectivity index (χ0v) is 38.4. The summed E-state index contributed by atoms with van der Waals surface area (Å²) in [4.78, 5) is 0. The minimum absolute atomic E-state index is 0.448. The summed E-state index contributed by atoms with van der Waals surface area (Å²) in [5, 5.41) is 3.68. The van der Waals surface area contributed by atoms with Crippen LogP contribution in [0.5, 0.6) is 0 Å². The highest BCUT2D eigenvalue weighted by atomic mass is 28.3. The average molecular weight is 771 g/mol. The van der Waals surface area contributed by atoms with Crippen molar-refractivity contribution in [2.75, 3.05) is 0 Å². The van der Waals surface area contributed by atoms with Crippen LogP contribution in [0, 0.1) is 86.8 Å². The maximum atomic E-state index is 4.17. The lowest BCUT2D eigenvalue weighted by Gasteiger charge is -2.59. The van der Waals surface area contributed by atoms with E-state index in [0.717, 1.165) is 76.2 Å². The highest BCUT2D eigenvalue weighted by Crippen LogP contribution is 2.74. The largest absolute Gasteiger partial charge is 0.124 e. The molecule has 0 saturated heterocycles. The maximum absolute atomic E-state index is 4.17. The number of hydrogen-bond acceptors (Lipinski definition) is 0. The first-order valence-electron chi connectivity index (χ1n) is 24.4. The van der Waals surface area contributed by atoms with Gasteiger partial charge in [-0.05, 0) is 181 Å². The van der Waals surface area contributed by atoms with Crippen molar-refractivity contribution < 1.29 is 0 Å². The molecule has 0 bridgehead atoms. The Bertz CT molecular complexity index is 1580. The van der Waals surface area contributed by atoms with E-state index in [1.54, 1.807) is 0 Å². The van der Waals surface area contributed by atoms with Gasteiger partial charge in [0.2, 0.25) is 0 Å². The molecule has 7 aliphatic carbocycles. The summed E-state index contributed by atoms with van der Waals surface area (Å²) >= 11 is 0. The highest BCUT2D eigenvalue weighted by molar-refractivity contribution is 7.04. The second-order valence-corrected chi connectivity index (χ2v) is 28.8. The molecule has 0 heterocycles. The number of benzene rings is 2. The first-order valence-corrected chi connectivity index (χ1v) is 26.6. The molecule has 2 aromatic carbocycles. The summed E-state index contributed by atoms with van der Waals surface area (Å²) in [5.41, 5.74) is 3.54. The van der Waals surface area contributed by atoms with Gasteiger partial charge in [-0.25, -0.2) is 0 Å². The standard InChI is InChI=1S/C55H82Si/c1-10-11-14-21-37-32-50(41-27-20-19-26-40(37)41)56(38-22-15-12-16-23-38,39-24-17-13-18-25-39)51-44-35-48-46(52(2,3)28-30-54(48,6)7)33-42(44)43-34-47-49(36-45(43)51)55(8,9)31-29-53(47,4)5/h10,12-13,15-18,22-25,37,40-51H,1,11,14,19-21,26-36H2,2-9H3. The third kappa shape index (κ3) is 6.29. The van der Waals surface area contributed by atoms with Gasteiger partial charge in [-0.3, -0.25) is 0 Å². The van der Waals surface area contributed by atoms with Crippen molar-refractivity contribution >= 4 is 18.4 Å². The van der Waals surface area contributed by atoms with Crippen LogP contribution in [0.3, 0.4) is 0 Å². The minimum Gasteiger partial charge on any atom is -0.103 e. The van der Waals surface area contributed by atoms with Crippen LogP contribution in [0.1, 0.15) is 158 Å². The lowest BCUT2D eigenvalue weighted by atomic mass is 9.46. The predicted molar refractivity (Wildman–Crippen MR) is 243 cm³/mol. The van der Waals surface area contributed by atoms with E-state index in [2.05, 4.69) is 129 Å². The molecule has 7 aliphatic rings. The molecule has 0 spiro atoms. The Labute approximate surface area is 346 Å². The number of fused-ring (bicyclic) bond motifs is 6. The van der Waals surface area contributed by atoms with E-state index in [4.69, 9.17) is 0 Å². The fourth-order valence-electron chi connectivity index (χ4n) is 17.8. The third-order valence-corrected chi connectivity index (χ3v) is 27.0. The van der Waals surface area contributed by atoms with Gasteiger partial charge in [0, 0.05) is 0 Å². The molecular weight excluding hydrogens is 689 g/mol. The molecule has 0 aromatic heterocycles. The Balaban J connectivity index is 1.27. The summed E-state index contributed by atoms with van der Waals surface area (Å²) in [7, 11) is -2.39. The van der Waals surface area contributed by atoms with Crippen molar-refractivity contribution in [2.24, 2.45) is 86.8 Å². The molecule has 9 rings (SSSR count). The molecule has 0 radical (unpaired) electrons. The van der Waals surface area contributed by atoms with Gasteiger partial charge >= 0.3 is 0 Å². The van der Waals surface area contributed by atoms with Gasteiger partial charge in [-0.1, -0.05) is 152 Å². The van der Waals surface area contributed by atoms with Gasteiger partial charge in [0.1, 0.15) is 8.07 Å². The van der Waals surface area contributed by atoms with E-state index in [0.29, 0.717) is 21.7 Å². The van der Waals surface area contributed by atoms with Crippen LogP contribution in [0.25, 0.3) is 0 Å². The fourth-order valence-corrected chi connectivity index (χ4v) is 25.6. The molecule has 2 aromatic rings. The van der Waals surface area contributed by atoms with Gasteiger partial charge in [-0.2, -0.15) is 0 Å². The predicted octanol–water partition coefficient (Wildman–Crippen LogP) is 14.4. The molecule has 0 N–H and O–H groups in total. The van der Waals surface area contributed by atoms with Crippen LogP contribution in [-0.4, -0.2) is 8.07 Å². The molecule has 0 amide bonds. The van der Waals surface area contributed by atoms with Gasteiger partial charge in [-0.15, -0.1) is 6.58 Å². The van der Waals surface area contributed by atoms with Gasteiger partial charge < -0.3 is 0 Å². The Morgan fingerprint density at radius 3 is 1.38 bits per heavy atom. The van der Waals surface area contributed by atoms with E-state index < -0.39 is 8.07 Å². The summed E-state index contributed by atoms with van der Waals surface area (Å²) in [6, 6.07) is 25.5. The van der Waals surface area contributed by atoms with Crippen molar-refractivity contribution in [3.05, 3.63) is 73.3 Å². The lowest BCUT2D eigenvalue weighted by Crippen LogP contribution is -2.68. The van der Waals surface area contributed by atoms with Gasteiger partial charge in [0.25, 0.3) is 0 Å². The van der Waals surface area contributed by atoms with E-state index in [1.165, 1.54) is 103 Å². The van der Waals surface area contributed by atoms with E-state index in [1.807, 2.05) is 10.4 Å². The van der Waals surface area contributed by atoms with Crippen LogP contribution >= 0.6 is 0 Å². The zero-order valence-electron chi connectivity index (χ0n) is 37.4. The Morgan fingerprint density at radius 2 is 0.946 bits per heavy atom. The van der Waals surface area contributed by atoms with Crippen molar-refractivity contribution in [2.45, 2.75) is 169 Å². The van der Waals surface area contributed by atoms with Crippen molar-refractivity contribution in [3.63, 3.8) is 0 Å². The van der Waals surface area contributed by atoms with Crippen molar-refractivity contribution in [1.82, 2.24) is 0 Å². The summed E-state index contributed by atoms with van der Waals surface area (Å²) in [6.45, 7) is 25.8. The molecule has 306 valence electrons. The molecule has 1 heteroatoms. The second kappa shape index (κ2) is 14.5. The smallest absolute Gasteiger partial charge is 0.103 e. The molecule has 0 nitrogen and oxygen atoms in total. The van der Waals surface area contributed by atoms with Crippen molar-refractivity contribution in [1.29, 1.82) is 0 Å². The van der Waals surface area contributed by atoms with Crippen molar-refractivity contribution in [3.8, 4) is 0 Å². The molecule has 7 saturated carbocycles. The Morgan fingerprint density at radius 1 is 0.536 bits per heavy atom. The number of hydrogen-bond donors (Lipinski definition) is 0. The number of allylic oxidation sites excluding steroid dienone is 1. The van der Waals surface area contributed by atoms with Gasteiger partial charge in [0.15, 0.2) is 0 Å². The first kappa shape index (κ1) is 39.8. The quantitative estimate of drug-likeness (QED) is 0.142. The minimum atomic E-state index is -2.39. The van der Waals surface area contributed by atoms with Crippen LogP contribution in [0.15, 0.2) is 73.3 Å². The summed E-state index contributed by atoms with van der Waals surface area (Å²) < 4.78 is 0. The van der Waals surface area contributed by atoms with Crippen LogP contribution in [-0.2, 0) is 0 Å². The Hall–Kier alpha value is -1.60. The van der Waals surface area contributed by atoms with E-state index >= 15 is 0 Å². The summed E-state index contributed by atoms with van der Waals surface area (Å²) in [6.07, 6.45) is 25.4. The maximum Gasteiger partial charge on any atom is 0.124 e. The highest BCUT2D eigenvalue weighted by Gasteiger charge is 2.70. The third-order valence-electron chi connectivity index (χ3n) is 20.6. The number of unbranched alkanes of at least 4 members (excludes halogenated alkanes) is 1. The Kier molecular flexibility index (Phi) is 10.3. The van der Waals surface area contributed by atoms with E-state index in [9.17, 15) is 0 Å². The zero-order chi connectivity index (χ0) is 39.3. The molecule has 0 aliphatic heterocycles. The second-order valence-electron chi connectivity index (χ2n) is 24.5. The molecular formula is C55H82Si. The van der Waals surface area contributed by atoms with Gasteiger partial charge in [0.05, 0.1) is 0 Å². The average Bonchev–Trinajstić information content (AvgIpc) is 3.72. The number of rotatable bonds is 8. The first-order chi connectivity index (χ1) is 26.7. The lowest BCUT2D eigenvalue weighted by molar-refractivity contribution is -0.0969. The molecule has 12 unspecified atom stereocenters. The van der Waals surface area contributed by atoms with Crippen LogP contribution < -0.4 is 10.4 Å². The van der Waals surface area contributed by atoms with Crippen LogP contribution in [0.2, 0.25) is 11.1 Å². The summed E-state index contributed by atoms with van der Waals surface area (Å²) in [5.74, 6) is 9.81. The van der Waals surface area contributed by atoms with E-state index in [-0.39, 0.29) is 0 Å². The topological polar surface area (TPSA) is 0 Å². The SMILES string of the molecule is C=CCCCC1CC([Si](c2ccccc2)(c2ccccc2)C2C3CC4C(CC3C3CC5C(CC32)C(C)(C)CCC5(C)C)C(C)(C)CCC4(C)C)C2CCCCC12. The molecule has 56 heavy (non-hydrogen) atoms. The fraction of sp³-hybridized carbons (Fsp3) is 0.745. The monoisotopic (exact) mass is 771 g/mol.